The van der Waals surface area contributed by atoms with Gasteiger partial charge in [0.1, 0.15) is 6.07 Å². The van der Waals surface area contributed by atoms with Gasteiger partial charge in [-0.2, -0.15) is 5.26 Å². The molecule has 1 aromatic carbocycles. The van der Waals surface area contributed by atoms with Gasteiger partial charge in [0.25, 0.3) is 0 Å². The van der Waals surface area contributed by atoms with Gasteiger partial charge >= 0.3 is 0 Å². The number of carbonyl (C=O) groups is 1. The predicted octanol–water partition coefficient (Wildman–Crippen LogP) is 2.02. The quantitative estimate of drug-likeness (QED) is 0.909. The lowest BCUT2D eigenvalue weighted by Gasteiger charge is -2.16. The van der Waals surface area contributed by atoms with Gasteiger partial charge in [0.2, 0.25) is 5.91 Å². The number of hydrogen-bond donors (Lipinski definition) is 1. The van der Waals surface area contributed by atoms with Crippen molar-refractivity contribution in [2.75, 3.05) is 18.9 Å². The van der Waals surface area contributed by atoms with E-state index in [1.54, 1.807) is 36.7 Å². The van der Waals surface area contributed by atoms with Gasteiger partial charge in [-0.25, -0.2) is 0 Å². The summed E-state index contributed by atoms with van der Waals surface area (Å²) in [4.78, 5) is 17.9. The van der Waals surface area contributed by atoms with Gasteiger partial charge < -0.3 is 5.32 Å². The van der Waals surface area contributed by atoms with Gasteiger partial charge in [0.15, 0.2) is 0 Å². The molecule has 5 heteroatoms. The molecule has 0 saturated heterocycles. The molecule has 0 bridgehead atoms. The second kappa shape index (κ2) is 7.17. The molecule has 0 aliphatic heterocycles. The van der Waals surface area contributed by atoms with Crippen LogP contribution in [-0.4, -0.2) is 29.4 Å². The Hall–Kier alpha value is -2.71. The van der Waals surface area contributed by atoms with Crippen molar-refractivity contribution in [2.24, 2.45) is 0 Å². The lowest BCUT2D eigenvalue weighted by molar-refractivity contribution is -0.117. The SMILES string of the molecule is CN(CC(=O)Nc1ccccc1C#N)Cc1cccnc1. The second-order valence-corrected chi connectivity index (χ2v) is 4.74. The number of benzene rings is 1. The van der Waals surface area contributed by atoms with Crippen LogP contribution in [0.5, 0.6) is 0 Å². The molecule has 0 fully saturated rings. The van der Waals surface area contributed by atoms with E-state index in [9.17, 15) is 4.79 Å². The van der Waals surface area contributed by atoms with Gasteiger partial charge in [0, 0.05) is 18.9 Å². The molecule has 0 atom stereocenters. The van der Waals surface area contributed by atoms with Gasteiger partial charge in [-0.1, -0.05) is 18.2 Å². The number of nitrogens with zero attached hydrogens (tertiary/aromatic N) is 3. The van der Waals surface area contributed by atoms with Gasteiger partial charge in [-0.3, -0.25) is 14.7 Å². The van der Waals surface area contributed by atoms with Crippen LogP contribution in [0.1, 0.15) is 11.1 Å². The summed E-state index contributed by atoms with van der Waals surface area (Å²) in [5.41, 5.74) is 2.05. The first kappa shape index (κ1) is 14.7. The zero-order chi connectivity index (χ0) is 15.1. The molecule has 2 aromatic rings. The van der Waals surface area contributed by atoms with Crippen molar-refractivity contribution in [1.29, 1.82) is 5.26 Å². The number of nitrogens with one attached hydrogen (secondary N) is 1. The van der Waals surface area contributed by atoms with Crippen LogP contribution in [0.15, 0.2) is 48.8 Å². The van der Waals surface area contributed by atoms with Crippen LogP contribution in [0.3, 0.4) is 0 Å². The van der Waals surface area contributed by atoms with Crippen molar-refractivity contribution in [3.63, 3.8) is 0 Å². The zero-order valence-electron chi connectivity index (χ0n) is 11.8. The third-order valence-electron chi connectivity index (χ3n) is 2.91. The number of amides is 1. The summed E-state index contributed by atoms with van der Waals surface area (Å²) in [6.45, 7) is 0.885. The molecule has 0 saturated carbocycles. The summed E-state index contributed by atoms with van der Waals surface area (Å²) in [7, 11) is 1.86. The minimum Gasteiger partial charge on any atom is -0.324 e. The average Bonchev–Trinajstić information content (AvgIpc) is 2.48. The fourth-order valence-electron chi connectivity index (χ4n) is 1.98. The summed E-state index contributed by atoms with van der Waals surface area (Å²) >= 11 is 0. The molecule has 21 heavy (non-hydrogen) atoms. The third kappa shape index (κ3) is 4.41. The Balaban J connectivity index is 1.91. The number of aromatic nitrogens is 1. The van der Waals surface area contributed by atoms with Crippen molar-refractivity contribution >= 4 is 11.6 Å². The van der Waals surface area contributed by atoms with Crippen molar-refractivity contribution in [2.45, 2.75) is 6.54 Å². The fraction of sp³-hybridized carbons (Fsp3) is 0.188. The number of anilines is 1. The number of rotatable bonds is 5. The largest absolute Gasteiger partial charge is 0.324 e. The van der Waals surface area contributed by atoms with Crippen LogP contribution in [0.2, 0.25) is 0 Å². The molecule has 1 N–H and O–H groups in total. The van der Waals surface area contributed by atoms with E-state index in [-0.39, 0.29) is 12.5 Å². The van der Waals surface area contributed by atoms with E-state index < -0.39 is 0 Å². The van der Waals surface area contributed by atoms with Crippen LogP contribution in [-0.2, 0) is 11.3 Å². The third-order valence-corrected chi connectivity index (χ3v) is 2.91. The molecule has 0 spiro atoms. The zero-order valence-corrected chi connectivity index (χ0v) is 11.8. The number of pyridine rings is 1. The maximum absolute atomic E-state index is 12.0. The highest BCUT2D eigenvalue weighted by Gasteiger charge is 2.09. The highest BCUT2D eigenvalue weighted by Crippen LogP contribution is 2.13. The monoisotopic (exact) mass is 280 g/mol. The highest BCUT2D eigenvalue weighted by molar-refractivity contribution is 5.93. The van der Waals surface area contributed by atoms with Crippen LogP contribution < -0.4 is 5.32 Å². The van der Waals surface area contributed by atoms with Crippen molar-refractivity contribution in [1.82, 2.24) is 9.88 Å². The molecular formula is C16H16N4O. The van der Waals surface area contributed by atoms with E-state index in [0.29, 0.717) is 17.8 Å². The van der Waals surface area contributed by atoms with E-state index in [2.05, 4.69) is 16.4 Å². The lowest BCUT2D eigenvalue weighted by Crippen LogP contribution is -2.30. The maximum atomic E-state index is 12.0. The Morgan fingerprint density at radius 2 is 2.14 bits per heavy atom. The molecule has 1 aromatic heterocycles. The van der Waals surface area contributed by atoms with Crippen LogP contribution >= 0.6 is 0 Å². The Morgan fingerprint density at radius 1 is 1.33 bits per heavy atom. The molecule has 2 rings (SSSR count). The predicted molar refractivity (Wildman–Crippen MR) is 80.4 cm³/mol. The Kier molecular flexibility index (Phi) is 5.02. The molecular weight excluding hydrogens is 264 g/mol. The van der Waals surface area contributed by atoms with Gasteiger partial charge in [-0.15, -0.1) is 0 Å². The minimum absolute atomic E-state index is 0.149. The lowest BCUT2D eigenvalue weighted by atomic mass is 10.2. The van der Waals surface area contributed by atoms with Crippen molar-refractivity contribution in [3.05, 3.63) is 59.9 Å². The number of carbonyl (C=O) groups excluding carboxylic acids is 1. The summed E-state index contributed by atoms with van der Waals surface area (Å²) in [6.07, 6.45) is 3.49. The summed E-state index contributed by atoms with van der Waals surface area (Å²) in [5.74, 6) is -0.149. The first-order valence-corrected chi connectivity index (χ1v) is 6.55. The summed E-state index contributed by atoms with van der Waals surface area (Å²) in [5, 5.41) is 11.7. The molecule has 0 radical (unpaired) electrons. The van der Waals surface area contributed by atoms with Crippen LogP contribution in [0.25, 0.3) is 0 Å². The molecule has 1 heterocycles. The first-order valence-electron chi connectivity index (χ1n) is 6.55. The van der Waals surface area contributed by atoms with Crippen molar-refractivity contribution in [3.8, 4) is 6.07 Å². The average molecular weight is 280 g/mol. The van der Waals surface area contributed by atoms with E-state index in [1.807, 2.05) is 24.1 Å². The van der Waals surface area contributed by atoms with E-state index in [0.717, 1.165) is 5.56 Å². The Morgan fingerprint density at radius 3 is 2.86 bits per heavy atom. The Bertz CT molecular complexity index is 649. The van der Waals surface area contributed by atoms with Crippen LogP contribution in [0, 0.1) is 11.3 Å². The first-order chi connectivity index (χ1) is 10.2. The number of hydrogen-bond acceptors (Lipinski definition) is 4. The molecule has 106 valence electrons. The van der Waals surface area contributed by atoms with E-state index in [4.69, 9.17) is 5.26 Å². The maximum Gasteiger partial charge on any atom is 0.238 e. The topological polar surface area (TPSA) is 69.0 Å². The van der Waals surface area contributed by atoms with Crippen molar-refractivity contribution < 1.29 is 4.79 Å². The number of likely N-dealkylation sites (N-methyl/N-ethyl adjacent to an activating group) is 1. The molecule has 0 aliphatic rings. The molecule has 1 amide bonds. The molecule has 0 aliphatic carbocycles. The minimum atomic E-state index is -0.149. The Labute approximate surface area is 123 Å². The number of nitriles is 1. The number of para-hydroxylation sites is 1. The molecule has 5 nitrogen and oxygen atoms in total. The molecule has 0 unspecified atom stereocenters. The van der Waals surface area contributed by atoms with E-state index in [1.165, 1.54) is 0 Å². The summed E-state index contributed by atoms with van der Waals surface area (Å²) in [6, 6.07) is 12.8. The second-order valence-electron chi connectivity index (χ2n) is 4.74. The summed E-state index contributed by atoms with van der Waals surface area (Å²) < 4.78 is 0. The normalized spacial score (nSPS) is 10.1. The smallest absolute Gasteiger partial charge is 0.238 e. The highest BCUT2D eigenvalue weighted by atomic mass is 16.2. The van der Waals surface area contributed by atoms with E-state index >= 15 is 0 Å². The fourth-order valence-corrected chi connectivity index (χ4v) is 1.98. The van der Waals surface area contributed by atoms with Gasteiger partial charge in [-0.05, 0) is 30.8 Å². The standard InChI is InChI=1S/C16H16N4O/c1-20(11-13-5-4-8-18-10-13)12-16(21)19-15-7-3-2-6-14(15)9-17/h2-8,10H,11-12H2,1H3,(H,19,21). The van der Waals surface area contributed by atoms with Crippen LogP contribution in [0.4, 0.5) is 5.69 Å². The van der Waals surface area contributed by atoms with Gasteiger partial charge in [0.05, 0.1) is 17.8 Å².